The summed E-state index contributed by atoms with van der Waals surface area (Å²) in [5, 5.41) is 3.40. The Morgan fingerprint density at radius 2 is 0.841 bits per heavy atom. The van der Waals surface area contributed by atoms with E-state index in [9.17, 15) is 0 Å². The van der Waals surface area contributed by atoms with Gasteiger partial charge in [-0.1, -0.05) is 127 Å². The van der Waals surface area contributed by atoms with Crippen molar-refractivity contribution in [3.05, 3.63) is 152 Å². The number of rotatable bonds is 5. The smallest absolute Gasteiger partial charge is 0.164 e. The van der Waals surface area contributed by atoms with Gasteiger partial charge in [0.2, 0.25) is 0 Å². The summed E-state index contributed by atoms with van der Waals surface area (Å²) in [5.41, 5.74) is 7.63. The van der Waals surface area contributed by atoms with E-state index >= 15 is 0 Å². The average molecular weight is 564 g/mol. The molecule has 0 aliphatic rings. The van der Waals surface area contributed by atoms with Crippen molar-refractivity contribution in [2.45, 2.75) is 0 Å². The Morgan fingerprint density at radius 3 is 1.48 bits per heavy atom. The first kappa shape index (κ1) is 25.6. The molecule has 0 bridgehead atoms. The molecule has 5 heteroatoms. The maximum atomic E-state index is 5.04. The topological polar surface area (TPSA) is 64.5 Å². The molecular formula is C39H25N5. The number of benzene rings is 5. The minimum absolute atomic E-state index is 0.631. The van der Waals surface area contributed by atoms with Crippen LogP contribution in [-0.4, -0.2) is 24.9 Å². The second-order valence-corrected chi connectivity index (χ2v) is 10.6. The van der Waals surface area contributed by atoms with Crippen LogP contribution in [0.15, 0.2) is 152 Å². The molecule has 0 saturated carbocycles. The van der Waals surface area contributed by atoms with E-state index in [0.29, 0.717) is 17.5 Å². The van der Waals surface area contributed by atoms with E-state index in [0.717, 1.165) is 55.5 Å². The van der Waals surface area contributed by atoms with Gasteiger partial charge in [0, 0.05) is 33.7 Å². The zero-order valence-corrected chi connectivity index (χ0v) is 23.7. The Morgan fingerprint density at radius 1 is 0.341 bits per heavy atom. The molecule has 0 atom stereocenters. The Kier molecular flexibility index (Phi) is 6.39. The summed E-state index contributed by atoms with van der Waals surface area (Å²) in [6.07, 6.45) is 1.86. The molecule has 0 radical (unpaired) electrons. The van der Waals surface area contributed by atoms with Crippen LogP contribution in [-0.2, 0) is 0 Å². The standard InChI is InChI=1S/C39H25N5/c1-3-11-27(12-4-1)37-42-38(28-13-5-2-6-14-28)44-39(43-37)29-21-19-26(20-22-29)30-23-24-40-35(25-30)36-33-17-8-7-15-31(33)32-16-9-10-18-34(32)41-36/h1-25H. The van der Waals surface area contributed by atoms with Gasteiger partial charge in [-0.05, 0) is 34.7 Å². The van der Waals surface area contributed by atoms with Crippen LogP contribution in [0.4, 0.5) is 0 Å². The second-order valence-electron chi connectivity index (χ2n) is 10.6. The van der Waals surface area contributed by atoms with Crippen LogP contribution >= 0.6 is 0 Å². The minimum Gasteiger partial charge on any atom is -0.255 e. The number of hydrogen-bond acceptors (Lipinski definition) is 5. The third kappa shape index (κ3) is 4.76. The van der Waals surface area contributed by atoms with Crippen molar-refractivity contribution < 1.29 is 0 Å². The molecule has 0 aliphatic carbocycles. The summed E-state index contributed by atoms with van der Waals surface area (Å²) in [4.78, 5) is 24.3. The van der Waals surface area contributed by atoms with E-state index in [1.807, 2.05) is 79.0 Å². The van der Waals surface area contributed by atoms with Crippen LogP contribution in [0.5, 0.6) is 0 Å². The molecule has 8 aromatic rings. The largest absolute Gasteiger partial charge is 0.255 e. The predicted octanol–water partition coefficient (Wildman–Crippen LogP) is 9.30. The Labute approximate surface area is 254 Å². The number of para-hydroxylation sites is 1. The van der Waals surface area contributed by atoms with Crippen LogP contribution in [0.1, 0.15) is 0 Å². The molecule has 0 N–H and O–H groups in total. The molecule has 44 heavy (non-hydrogen) atoms. The number of hydrogen-bond donors (Lipinski definition) is 0. The average Bonchev–Trinajstić information content (AvgIpc) is 3.12. The normalized spacial score (nSPS) is 11.2. The maximum Gasteiger partial charge on any atom is 0.164 e. The first-order valence-electron chi connectivity index (χ1n) is 14.5. The highest BCUT2D eigenvalue weighted by atomic mass is 15.0. The van der Waals surface area contributed by atoms with Crippen LogP contribution < -0.4 is 0 Å². The van der Waals surface area contributed by atoms with Gasteiger partial charge in [-0.25, -0.2) is 19.9 Å². The van der Waals surface area contributed by atoms with Crippen molar-refractivity contribution in [3.63, 3.8) is 0 Å². The zero-order chi connectivity index (χ0) is 29.3. The van der Waals surface area contributed by atoms with Crippen LogP contribution in [0, 0.1) is 0 Å². The lowest BCUT2D eigenvalue weighted by atomic mass is 10.00. The molecular weight excluding hydrogens is 538 g/mol. The van der Waals surface area contributed by atoms with Gasteiger partial charge in [0.1, 0.15) is 0 Å². The fourth-order valence-electron chi connectivity index (χ4n) is 5.59. The Bertz CT molecular complexity index is 2210. The fraction of sp³-hybridized carbons (Fsp3) is 0. The highest BCUT2D eigenvalue weighted by molar-refractivity contribution is 6.10. The molecule has 3 aromatic heterocycles. The first-order valence-corrected chi connectivity index (χ1v) is 14.5. The molecule has 0 amide bonds. The summed E-state index contributed by atoms with van der Waals surface area (Å²) in [6, 6.07) is 49.2. The molecule has 206 valence electrons. The number of nitrogens with zero attached hydrogens (tertiary/aromatic N) is 5. The molecule has 0 aliphatic heterocycles. The summed E-state index contributed by atoms with van der Waals surface area (Å²) in [7, 11) is 0. The van der Waals surface area contributed by atoms with Crippen molar-refractivity contribution in [2.75, 3.05) is 0 Å². The van der Waals surface area contributed by atoms with Crippen molar-refractivity contribution in [2.24, 2.45) is 0 Å². The fourth-order valence-corrected chi connectivity index (χ4v) is 5.59. The monoisotopic (exact) mass is 563 g/mol. The van der Waals surface area contributed by atoms with Gasteiger partial charge in [-0.3, -0.25) is 4.98 Å². The van der Waals surface area contributed by atoms with Crippen molar-refractivity contribution in [1.29, 1.82) is 0 Å². The number of pyridine rings is 2. The van der Waals surface area contributed by atoms with E-state index in [1.165, 1.54) is 5.39 Å². The number of fused-ring (bicyclic) bond motifs is 3. The molecule has 8 rings (SSSR count). The van der Waals surface area contributed by atoms with Gasteiger partial charge in [-0.15, -0.1) is 0 Å². The van der Waals surface area contributed by atoms with Gasteiger partial charge < -0.3 is 0 Å². The van der Waals surface area contributed by atoms with Crippen molar-refractivity contribution in [1.82, 2.24) is 24.9 Å². The summed E-state index contributed by atoms with van der Waals surface area (Å²) < 4.78 is 0. The van der Waals surface area contributed by atoms with E-state index < -0.39 is 0 Å². The lowest BCUT2D eigenvalue weighted by Crippen LogP contribution is -2.00. The lowest BCUT2D eigenvalue weighted by Gasteiger charge is -2.11. The molecule has 3 heterocycles. The van der Waals surface area contributed by atoms with E-state index in [4.69, 9.17) is 24.9 Å². The van der Waals surface area contributed by atoms with E-state index in [2.05, 4.69) is 72.8 Å². The SMILES string of the molecule is c1ccc(-c2nc(-c3ccccc3)nc(-c3ccc(-c4ccnc(-c5nc6ccccc6c6ccccc56)c4)cc3)n2)cc1. The van der Waals surface area contributed by atoms with Crippen molar-refractivity contribution in [3.8, 4) is 56.7 Å². The highest BCUT2D eigenvalue weighted by Crippen LogP contribution is 2.33. The van der Waals surface area contributed by atoms with E-state index in [1.54, 1.807) is 0 Å². The molecule has 0 spiro atoms. The quantitative estimate of drug-likeness (QED) is 0.195. The Balaban J connectivity index is 1.19. The van der Waals surface area contributed by atoms with Gasteiger partial charge in [-0.2, -0.15) is 0 Å². The summed E-state index contributed by atoms with van der Waals surface area (Å²) >= 11 is 0. The third-order valence-electron chi connectivity index (χ3n) is 7.79. The molecule has 0 fully saturated rings. The van der Waals surface area contributed by atoms with Gasteiger partial charge in [0.25, 0.3) is 0 Å². The molecule has 5 nitrogen and oxygen atoms in total. The highest BCUT2D eigenvalue weighted by Gasteiger charge is 2.14. The molecule has 0 saturated heterocycles. The number of aromatic nitrogens is 5. The van der Waals surface area contributed by atoms with Crippen LogP contribution in [0.2, 0.25) is 0 Å². The molecule has 0 unspecified atom stereocenters. The van der Waals surface area contributed by atoms with Crippen LogP contribution in [0.25, 0.3) is 78.4 Å². The first-order chi connectivity index (χ1) is 21.8. The van der Waals surface area contributed by atoms with Crippen LogP contribution in [0.3, 0.4) is 0 Å². The lowest BCUT2D eigenvalue weighted by molar-refractivity contribution is 1.07. The predicted molar refractivity (Wildman–Crippen MR) is 178 cm³/mol. The second kappa shape index (κ2) is 11.0. The minimum atomic E-state index is 0.631. The van der Waals surface area contributed by atoms with Crippen molar-refractivity contribution >= 4 is 21.7 Å². The zero-order valence-electron chi connectivity index (χ0n) is 23.7. The van der Waals surface area contributed by atoms with Gasteiger partial charge in [0.15, 0.2) is 17.5 Å². The van der Waals surface area contributed by atoms with Gasteiger partial charge >= 0.3 is 0 Å². The molecule has 5 aromatic carbocycles. The third-order valence-corrected chi connectivity index (χ3v) is 7.79. The maximum absolute atomic E-state index is 5.04. The summed E-state index contributed by atoms with van der Waals surface area (Å²) in [5.74, 6) is 1.92. The van der Waals surface area contributed by atoms with E-state index in [-0.39, 0.29) is 0 Å². The Hall–Kier alpha value is -6.07. The summed E-state index contributed by atoms with van der Waals surface area (Å²) in [6.45, 7) is 0. The van der Waals surface area contributed by atoms with Gasteiger partial charge in [0.05, 0.1) is 16.9 Å².